The minimum Gasteiger partial charge on any atom is -0.354 e. The standard InChI is InChI=1S/C23H36FN3O/c1-17(2)27-16-20(26-19-10-5-3-4-6-11-19)15-22(27)23(28)25-14-13-18-9-7-8-12-21(18)24/h7-9,12,17,19-20,22,26H,3-6,10-11,13-16H2,1-2H3,(H,25,28)/t20-,22+/m1/s1. The van der Waals surface area contributed by atoms with Crippen LogP contribution < -0.4 is 10.6 Å². The summed E-state index contributed by atoms with van der Waals surface area (Å²) in [5.41, 5.74) is 0.655. The first-order valence-electron chi connectivity index (χ1n) is 11.1. The van der Waals surface area contributed by atoms with Crippen LogP contribution in [0.1, 0.15) is 64.4 Å². The normalized spacial score (nSPS) is 24.4. The number of rotatable bonds is 7. The van der Waals surface area contributed by atoms with Crippen molar-refractivity contribution in [1.82, 2.24) is 15.5 Å². The van der Waals surface area contributed by atoms with E-state index in [9.17, 15) is 9.18 Å². The Kier molecular flexibility index (Phi) is 7.86. The minimum absolute atomic E-state index is 0.0789. The van der Waals surface area contributed by atoms with Crippen LogP contribution in [0.25, 0.3) is 0 Å². The molecule has 3 rings (SSSR count). The zero-order valence-corrected chi connectivity index (χ0v) is 17.4. The van der Waals surface area contributed by atoms with Gasteiger partial charge in [0.05, 0.1) is 6.04 Å². The molecule has 0 aromatic heterocycles. The lowest BCUT2D eigenvalue weighted by Gasteiger charge is -2.27. The number of nitrogens with one attached hydrogen (secondary N) is 2. The molecule has 1 amide bonds. The molecular weight excluding hydrogens is 353 g/mol. The van der Waals surface area contributed by atoms with Gasteiger partial charge in [-0.2, -0.15) is 0 Å². The van der Waals surface area contributed by atoms with E-state index in [4.69, 9.17) is 0 Å². The highest BCUT2D eigenvalue weighted by Gasteiger charge is 2.38. The maximum Gasteiger partial charge on any atom is 0.237 e. The Balaban J connectivity index is 1.51. The number of likely N-dealkylation sites (tertiary alicyclic amines) is 1. The molecule has 4 nitrogen and oxygen atoms in total. The maximum absolute atomic E-state index is 13.8. The fourth-order valence-electron chi connectivity index (χ4n) is 4.73. The zero-order valence-electron chi connectivity index (χ0n) is 17.4. The van der Waals surface area contributed by atoms with Crippen LogP contribution in [0, 0.1) is 5.82 Å². The molecule has 1 aromatic rings. The van der Waals surface area contributed by atoms with E-state index in [1.807, 2.05) is 6.07 Å². The lowest BCUT2D eigenvalue weighted by molar-refractivity contribution is -0.126. The number of amides is 1. The second-order valence-electron chi connectivity index (χ2n) is 8.73. The molecule has 1 aliphatic carbocycles. The summed E-state index contributed by atoms with van der Waals surface area (Å²) in [7, 11) is 0. The first-order valence-corrected chi connectivity index (χ1v) is 11.1. The van der Waals surface area contributed by atoms with E-state index in [2.05, 4.69) is 29.4 Å². The molecule has 0 spiro atoms. The van der Waals surface area contributed by atoms with E-state index in [1.54, 1.807) is 12.1 Å². The molecule has 1 saturated heterocycles. The van der Waals surface area contributed by atoms with Crippen LogP contribution in [0.4, 0.5) is 4.39 Å². The molecule has 2 N–H and O–H groups in total. The Morgan fingerprint density at radius 2 is 1.86 bits per heavy atom. The van der Waals surface area contributed by atoms with Gasteiger partial charge in [0.25, 0.3) is 0 Å². The second kappa shape index (κ2) is 10.4. The summed E-state index contributed by atoms with van der Waals surface area (Å²) in [5, 5.41) is 6.89. The van der Waals surface area contributed by atoms with Gasteiger partial charge in [0, 0.05) is 31.2 Å². The van der Waals surface area contributed by atoms with Crippen LogP contribution in [0.5, 0.6) is 0 Å². The predicted molar refractivity (Wildman–Crippen MR) is 112 cm³/mol. The lowest BCUT2D eigenvalue weighted by Crippen LogP contribution is -2.46. The summed E-state index contributed by atoms with van der Waals surface area (Å²) in [4.78, 5) is 15.2. The molecule has 1 saturated carbocycles. The molecule has 28 heavy (non-hydrogen) atoms. The molecule has 2 atom stereocenters. The molecule has 2 fully saturated rings. The highest BCUT2D eigenvalue weighted by Crippen LogP contribution is 2.24. The third-order valence-electron chi connectivity index (χ3n) is 6.28. The van der Waals surface area contributed by atoms with Gasteiger partial charge in [0.15, 0.2) is 0 Å². The first kappa shape index (κ1) is 21.3. The first-order chi connectivity index (χ1) is 13.5. The fourth-order valence-corrected chi connectivity index (χ4v) is 4.73. The van der Waals surface area contributed by atoms with E-state index < -0.39 is 0 Å². The Morgan fingerprint density at radius 3 is 2.54 bits per heavy atom. The Hall–Kier alpha value is -1.46. The predicted octanol–water partition coefficient (Wildman–Crippen LogP) is 3.65. The van der Waals surface area contributed by atoms with Crippen molar-refractivity contribution in [2.75, 3.05) is 13.1 Å². The quantitative estimate of drug-likeness (QED) is 0.700. The Bertz CT molecular complexity index is 628. The van der Waals surface area contributed by atoms with Gasteiger partial charge in [-0.25, -0.2) is 4.39 Å². The molecule has 0 unspecified atom stereocenters. The topological polar surface area (TPSA) is 44.4 Å². The van der Waals surface area contributed by atoms with Gasteiger partial charge in [-0.05, 0) is 51.2 Å². The van der Waals surface area contributed by atoms with Crippen molar-refractivity contribution in [3.05, 3.63) is 35.6 Å². The van der Waals surface area contributed by atoms with Crippen LogP contribution in [0.15, 0.2) is 24.3 Å². The summed E-state index contributed by atoms with van der Waals surface area (Å²) in [6, 6.07) is 8.01. The van der Waals surface area contributed by atoms with Crippen LogP contribution >= 0.6 is 0 Å². The summed E-state index contributed by atoms with van der Waals surface area (Å²) < 4.78 is 13.8. The third kappa shape index (κ3) is 5.77. The van der Waals surface area contributed by atoms with Gasteiger partial charge >= 0.3 is 0 Å². The third-order valence-corrected chi connectivity index (χ3v) is 6.28. The van der Waals surface area contributed by atoms with Gasteiger partial charge in [-0.15, -0.1) is 0 Å². The highest BCUT2D eigenvalue weighted by atomic mass is 19.1. The zero-order chi connectivity index (χ0) is 19.9. The average molecular weight is 390 g/mol. The molecule has 1 aliphatic heterocycles. The van der Waals surface area contributed by atoms with Crippen LogP contribution in [0.2, 0.25) is 0 Å². The minimum atomic E-state index is -0.200. The number of nitrogens with zero attached hydrogens (tertiary/aromatic N) is 1. The molecule has 0 bridgehead atoms. The maximum atomic E-state index is 13.8. The Morgan fingerprint density at radius 1 is 1.14 bits per heavy atom. The molecule has 2 aliphatic rings. The van der Waals surface area contributed by atoms with Crippen molar-refractivity contribution >= 4 is 5.91 Å². The van der Waals surface area contributed by atoms with Crippen molar-refractivity contribution in [2.45, 2.75) is 89.4 Å². The largest absolute Gasteiger partial charge is 0.354 e. The lowest BCUT2D eigenvalue weighted by atomic mass is 10.1. The van der Waals surface area contributed by atoms with Crippen LogP contribution in [-0.2, 0) is 11.2 Å². The van der Waals surface area contributed by atoms with E-state index in [1.165, 1.54) is 44.6 Å². The Labute approximate surface area is 169 Å². The number of benzene rings is 1. The van der Waals surface area contributed by atoms with Gasteiger partial charge < -0.3 is 10.6 Å². The van der Waals surface area contributed by atoms with E-state index in [0.717, 1.165) is 13.0 Å². The number of hydrogen-bond acceptors (Lipinski definition) is 3. The average Bonchev–Trinajstić information content (AvgIpc) is 2.93. The number of carbonyl (C=O) groups is 1. The van der Waals surface area contributed by atoms with Gasteiger partial charge in [-0.3, -0.25) is 9.69 Å². The van der Waals surface area contributed by atoms with E-state index in [-0.39, 0.29) is 17.8 Å². The van der Waals surface area contributed by atoms with Gasteiger partial charge in [0.2, 0.25) is 5.91 Å². The van der Waals surface area contributed by atoms with Crippen molar-refractivity contribution in [3.8, 4) is 0 Å². The highest BCUT2D eigenvalue weighted by molar-refractivity contribution is 5.82. The second-order valence-corrected chi connectivity index (χ2v) is 8.73. The van der Waals surface area contributed by atoms with Crippen molar-refractivity contribution in [1.29, 1.82) is 0 Å². The smallest absolute Gasteiger partial charge is 0.237 e. The molecule has 5 heteroatoms. The number of carbonyl (C=O) groups excluding carboxylic acids is 1. The van der Waals surface area contributed by atoms with Crippen LogP contribution in [0.3, 0.4) is 0 Å². The molecular formula is C23H36FN3O. The SMILES string of the molecule is CC(C)N1C[C@H](NC2CCCCCC2)C[C@H]1C(=O)NCCc1ccccc1F. The summed E-state index contributed by atoms with van der Waals surface area (Å²) in [5.74, 6) is -0.121. The monoisotopic (exact) mass is 389 g/mol. The summed E-state index contributed by atoms with van der Waals surface area (Å²) in [6.07, 6.45) is 9.25. The molecule has 0 radical (unpaired) electrons. The molecule has 1 aromatic carbocycles. The van der Waals surface area contributed by atoms with Crippen LogP contribution in [-0.4, -0.2) is 48.1 Å². The van der Waals surface area contributed by atoms with E-state index >= 15 is 0 Å². The number of hydrogen-bond donors (Lipinski definition) is 2. The van der Waals surface area contributed by atoms with Gasteiger partial charge in [0.1, 0.15) is 5.82 Å². The summed E-state index contributed by atoms with van der Waals surface area (Å²) in [6.45, 7) is 5.73. The van der Waals surface area contributed by atoms with Crippen molar-refractivity contribution in [3.63, 3.8) is 0 Å². The fraction of sp³-hybridized carbons (Fsp3) is 0.696. The summed E-state index contributed by atoms with van der Waals surface area (Å²) >= 11 is 0. The van der Waals surface area contributed by atoms with Crippen molar-refractivity contribution in [2.24, 2.45) is 0 Å². The number of halogens is 1. The van der Waals surface area contributed by atoms with E-state index in [0.29, 0.717) is 36.7 Å². The molecule has 1 heterocycles. The van der Waals surface area contributed by atoms with Gasteiger partial charge in [-0.1, -0.05) is 43.9 Å². The molecule has 156 valence electrons. The van der Waals surface area contributed by atoms with Crippen molar-refractivity contribution < 1.29 is 9.18 Å².